The molecule has 0 heterocycles. The molecule has 0 saturated carbocycles. The quantitative estimate of drug-likeness (QED) is 0.288. The molecular formula is C30H33ClF3N3O4S. The molecule has 42 heavy (non-hydrogen) atoms. The van der Waals surface area contributed by atoms with Crippen molar-refractivity contribution in [3.8, 4) is 0 Å². The fraction of sp³-hybridized carbons (Fsp3) is 0.333. The van der Waals surface area contributed by atoms with Crippen LogP contribution < -0.4 is 9.62 Å². The van der Waals surface area contributed by atoms with Gasteiger partial charge in [-0.15, -0.1) is 0 Å². The van der Waals surface area contributed by atoms with Crippen molar-refractivity contribution < 1.29 is 31.2 Å². The maximum absolute atomic E-state index is 14.0. The number of anilines is 1. The summed E-state index contributed by atoms with van der Waals surface area (Å²) in [5.41, 5.74) is -1.61. The molecule has 1 N–H and O–H groups in total. The Morgan fingerprint density at radius 2 is 1.50 bits per heavy atom. The highest BCUT2D eigenvalue weighted by Crippen LogP contribution is 2.37. The van der Waals surface area contributed by atoms with Gasteiger partial charge in [0.05, 0.1) is 21.2 Å². The van der Waals surface area contributed by atoms with Gasteiger partial charge in [-0.1, -0.05) is 67.1 Å². The smallest absolute Gasteiger partial charge is 0.350 e. The number of alkyl halides is 3. The van der Waals surface area contributed by atoms with Gasteiger partial charge in [-0.05, 0) is 63.1 Å². The second-order valence-electron chi connectivity index (χ2n) is 10.7. The van der Waals surface area contributed by atoms with Crippen LogP contribution >= 0.6 is 11.6 Å². The normalized spacial score (nSPS) is 12.9. The Bertz CT molecular complexity index is 1500. The standard InChI is InChI=1S/C30H33ClF3N3O4S/c1-5-25(28(39)35-29(2,3)4)36(19-21-12-8-6-9-13-21)27(38)20-37(42(40,41)23-14-10-7-11-15-23)26-18-22(30(32,33)34)16-17-24(26)31/h6-18,25H,5,19-20H2,1-4H3,(H,35,39)/t25-/m1/s1. The Morgan fingerprint density at radius 1 is 0.929 bits per heavy atom. The zero-order valence-corrected chi connectivity index (χ0v) is 25.2. The van der Waals surface area contributed by atoms with Gasteiger partial charge in [-0.2, -0.15) is 13.2 Å². The average molecular weight is 624 g/mol. The number of carbonyl (C=O) groups is 2. The van der Waals surface area contributed by atoms with Crippen LogP contribution in [0.1, 0.15) is 45.2 Å². The number of nitrogens with zero attached hydrogens (tertiary/aromatic N) is 2. The summed E-state index contributed by atoms with van der Waals surface area (Å²) in [6.45, 7) is 6.09. The summed E-state index contributed by atoms with van der Waals surface area (Å²) >= 11 is 6.28. The van der Waals surface area contributed by atoms with E-state index in [4.69, 9.17) is 11.6 Å². The lowest BCUT2D eigenvalue weighted by Gasteiger charge is -2.35. The van der Waals surface area contributed by atoms with E-state index in [2.05, 4.69) is 5.32 Å². The molecule has 0 radical (unpaired) electrons. The zero-order chi connectivity index (χ0) is 31.3. The first-order valence-corrected chi connectivity index (χ1v) is 15.0. The van der Waals surface area contributed by atoms with E-state index in [1.165, 1.54) is 29.2 Å². The molecule has 0 saturated heterocycles. The van der Waals surface area contributed by atoms with Gasteiger partial charge in [-0.25, -0.2) is 8.42 Å². The summed E-state index contributed by atoms with van der Waals surface area (Å²) in [7, 11) is -4.59. The summed E-state index contributed by atoms with van der Waals surface area (Å²) in [6, 6.07) is 17.0. The van der Waals surface area contributed by atoms with Crippen molar-refractivity contribution in [1.29, 1.82) is 0 Å². The highest BCUT2D eigenvalue weighted by molar-refractivity contribution is 7.92. The van der Waals surface area contributed by atoms with Crippen molar-refractivity contribution in [3.05, 3.63) is 95.0 Å². The molecule has 3 aromatic rings. The summed E-state index contributed by atoms with van der Waals surface area (Å²) in [5, 5.41) is 2.55. The molecule has 1 atom stereocenters. The number of rotatable bonds is 10. The Hall–Kier alpha value is -3.57. The van der Waals surface area contributed by atoms with Gasteiger partial charge in [0.2, 0.25) is 11.8 Å². The van der Waals surface area contributed by atoms with Crippen molar-refractivity contribution in [2.75, 3.05) is 10.8 Å². The largest absolute Gasteiger partial charge is 0.416 e. The van der Waals surface area contributed by atoms with Crippen molar-refractivity contribution in [2.24, 2.45) is 0 Å². The Labute approximate surface area is 249 Å². The number of carbonyl (C=O) groups excluding carboxylic acids is 2. The molecule has 0 spiro atoms. The molecule has 226 valence electrons. The van der Waals surface area contributed by atoms with Crippen LogP contribution in [0.4, 0.5) is 18.9 Å². The minimum atomic E-state index is -4.80. The first kappa shape index (κ1) is 32.9. The van der Waals surface area contributed by atoms with Crippen LogP contribution in [0.25, 0.3) is 0 Å². The van der Waals surface area contributed by atoms with Crippen molar-refractivity contribution >= 4 is 39.1 Å². The molecule has 0 aliphatic carbocycles. The third-order valence-electron chi connectivity index (χ3n) is 6.23. The number of halogens is 4. The van der Waals surface area contributed by atoms with Crippen molar-refractivity contribution in [2.45, 2.75) is 63.3 Å². The summed E-state index contributed by atoms with van der Waals surface area (Å²) in [6.07, 6.45) is -4.61. The topological polar surface area (TPSA) is 86.8 Å². The summed E-state index contributed by atoms with van der Waals surface area (Å²) in [4.78, 5) is 28.4. The molecule has 0 unspecified atom stereocenters. The van der Waals surface area contributed by atoms with Crippen LogP contribution in [0.15, 0.2) is 83.8 Å². The van der Waals surface area contributed by atoms with E-state index in [-0.39, 0.29) is 22.9 Å². The predicted molar refractivity (Wildman–Crippen MR) is 156 cm³/mol. The molecular weight excluding hydrogens is 591 g/mol. The number of hydrogen-bond donors (Lipinski definition) is 1. The van der Waals surface area contributed by atoms with Gasteiger partial charge in [0.15, 0.2) is 0 Å². The van der Waals surface area contributed by atoms with Crippen molar-refractivity contribution in [3.63, 3.8) is 0 Å². The zero-order valence-electron chi connectivity index (χ0n) is 23.7. The Morgan fingerprint density at radius 3 is 2.02 bits per heavy atom. The van der Waals surface area contributed by atoms with Crippen LogP contribution in [0.2, 0.25) is 5.02 Å². The number of benzene rings is 3. The minimum Gasteiger partial charge on any atom is -0.350 e. The van der Waals surface area contributed by atoms with Gasteiger partial charge in [0.1, 0.15) is 12.6 Å². The van der Waals surface area contributed by atoms with Gasteiger partial charge in [0.25, 0.3) is 10.0 Å². The molecule has 12 heteroatoms. The molecule has 0 bridgehead atoms. The molecule has 2 amide bonds. The number of hydrogen-bond acceptors (Lipinski definition) is 4. The fourth-order valence-corrected chi connectivity index (χ4v) is 5.98. The molecule has 0 aliphatic rings. The number of sulfonamides is 1. The summed E-state index contributed by atoms with van der Waals surface area (Å²) in [5.74, 6) is -1.26. The minimum absolute atomic E-state index is 0.0503. The highest BCUT2D eigenvalue weighted by atomic mass is 35.5. The third-order valence-corrected chi connectivity index (χ3v) is 8.33. The van der Waals surface area contributed by atoms with E-state index < -0.39 is 57.4 Å². The third kappa shape index (κ3) is 8.25. The van der Waals surface area contributed by atoms with E-state index in [1.54, 1.807) is 64.1 Å². The van der Waals surface area contributed by atoms with Gasteiger partial charge in [-0.3, -0.25) is 13.9 Å². The fourth-order valence-electron chi connectivity index (χ4n) is 4.27. The molecule has 0 aliphatic heterocycles. The predicted octanol–water partition coefficient (Wildman–Crippen LogP) is 6.28. The molecule has 7 nitrogen and oxygen atoms in total. The van der Waals surface area contributed by atoms with Crippen molar-refractivity contribution in [1.82, 2.24) is 10.2 Å². The van der Waals surface area contributed by atoms with Crippen LogP contribution in [-0.2, 0) is 32.3 Å². The molecule has 0 fully saturated rings. The lowest BCUT2D eigenvalue weighted by molar-refractivity contribution is -0.141. The Balaban J connectivity index is 2.15. The van der Waals surface area contributed by atoms with Crippen LogP contribution in [0.3, 0.4) is 0 Å². The van der Waals surface area contributed by atoms with Crippen LogP contribution in [0.5, 0.6) is 0 Å². The highest BCUT2D eigenvalue weighted by Gasteiger charge is 2.37. The monoisotopic (exact) mass is 623 g/mol. The van der Waals surface area contributed by atoms with E-state index in [1.807, 2.05) is 0 Å². The van der Waals surface area contributed by atoms with Gasteiger partial charge >= 0.3 is 6.18 Å². The molecule has 0 aromatic heterocycles. The second kappa shape index (κ2) is 13.2. The van der Waals surface area contributed by atoms with Crippen LogP contribution in [0, 0.1) is 0 Å². The van der Waals surface area contributed by atoms with Gasteiger partial charge in [0, 0.05) is 12.1 Å². The van der Waals surface area contributed by atoms with Gasteiger partial charge < -0.3 is 10.2 Å². The average Bonchev–Trinajstić information content (AvgIpc) is 2.91. The first-order chi connectivity index (χ1) is 19.5. The maximum Gasteiger partial charge on any atom is 0.416 e. The number of nitrogens with one attached hydrogen (secondary N) is 1. The molecule has 3 rings (SSSR count). The lowest BCUT2D eigenvalue weighted by atomic mass is 10.1. The maximum atomic E-state index is 14.0. The number of amides is 2. The van der Waals surface area contributed by atoms with E-state index >= 15 is 0 Å². The SMILES string of the molecule is CC[C@H](C(=O)NC(C)(C)C)N(Cc1ccccc1)C(=O)CN(c1cc(C(F)(F)F)ccc1Cl)S(=O)(=O)c1ccccc1. The first-order valence-electron chi connectivity index (χ1n) is 13.1. The lowest BCUT2D eigenvalue weighted by Crippen LogP contribution is -2.55. The summed E-state index contributed by atoms with van der Waals surface area (Å²) < 4.78 is 69.3. The van der Waals surface area contributed by atoms with E-state index in [0.29, 0.717) is 15.9 Å². The van der Waals surface area contributed by atoms with E-state index in [0.717, 1.165) is 12.1 Å². The van der Waals surface area contributed by atoms with Crippen LogP contribution in [-0.4, -0.2) is 43.3 Å². The second-order valence-corrected chi connectivity index (χ2v) is 12.9. The molecule has 3 aromatic carbocycles. The Kier molecular flexibility index (Phi) is 10.3. The van der Waals surface area contributed by atoms with E-state index in [9.17, 15) is 31.2 Å².